The summed E-state index contributed by atoms with van der Waals surface area (Å²) in [5, 5.41) is 0. The molecule has 0 aliphatic rings. The van der Waals surface area contributed by atoms with Crippen LogP contribution < -0.4 is 10.5 Å². The molecule has 4 nitrogen and oxygen atoms in total. The molecule has 0 spiro atoms. The van der Waals surface area contributed by atoms with Crippen LogP contribution in [0, 0.1) is 12.8 Å². The SMILES string of the molecule is Cc1c(N)cccc1S(=O)(=O)NCCCCC(C)C. The Kier molecular flexibility index (Phi) is 5.82. The van der Waals surface area contributed by atoms with Crippen molar-refractivity contribution in [3.63, 3.8) is 0 Å². The van der Waals surface area contributed by atoms with E-state index in [1.165, 1.54) is 0 Å². The predicted molar refractivity (Wildman–Crippen MR) is 79.5 cm³/mol. The summed E-state index contributed by atoms with van der Waals surface area (Å²) in [4.78, 5) is 0.274. The predicted octanol–water partition coefficient (Wildman–Crippen LogP) is 2.68. The molecule has 0 atom stereocenters. The van der Waals surface area contributed by atoms with Gasteiger partial charge in [-0.25, -0.2) is 13.1 Å². The van der Waals surface area contributed by atoms with Crippen LogP contribution >= 0.6 is 0 Å². The van der Waals surface area contributed by atoms with Crippen LogP contribution in [0.1, 0.15) is 38.7 Å². The summed E-state index contributed by atoms with van der Waals surface area (Å²) in [7, 11) is -3.44. The average molecular weight is 284 g/mol. The van der Waals surface area contributed by atoms with Gasteiger partial charge in [0, 0.05) is 12.2 Å². The summed E-state index contributed by atoms with van der Waals surface area (Å²) >= 11 is 0. The van der Waals surface area contributed by atoms with Crippen LogP contribution in [-0.4, -0.2) is 15.0 Å². The van der Waals surface area contributed by atoms with Crippen LogP contribution in [0.25, 0.3) is 0 Å². The zero-order chi connectivity index (χ0) is 14.5. The standard InChI is InChI=1S/C14H24N2O2S/c1-11(2)7-4-5-10-16-19(17,18)14-9-6-8-13(15)12(14)3/h6,8-9,11,16H,4-5,7,10,15H2,1-3H3. The third-order valence-corrected chi connectivity index (χ3v) is 4.72. The highest BCUT2D eigenvalue weighted by Gasteiger charge is 2.16. The molecule has 19 heavy (non-hydrogen) atoms. The van der Waals surface area contributed by atoms with E-state index < -0.39 is 10.0 Å². The molecular weight excluding hydrogens is 260 g/mol. The molecular formula is C14H24N2O2S. The topological polar surface area (TPSA) is 72.2 Å². The van der Waals surface area contributed by atoms with Crippen LogP contribution in [0.4, 0.5) is 5.69 Å². The first kappa shape index (κ1) is 16.0. The lowest BCUT2D eigenvalue weighted by molar-refractivity contribution is 0.530. The largest absolute Gasteiger partial charge is 0.398 e. The highest BCUT2D eigenvalue weighted by atomic mass is 32.2. The van der Waals surface area contributed by atoms with E-state index in [-0.39, 0.29) is 4.90 Å². The molecule has 0 aliphatic carbocycles. The molecule has 0 aromatic heterocycles. The van der Waals surface area contributed by atoms with Gasteiger partial charge in [-0.3, -0.25) is 0 Å². The maximum atomic E-state index is 12.1. The summed E-state index contributed by atoms with van der Waals surface area (Å²) < 4.78 is 26.9. The molecule has 0 bridgehead atoms. The minimum Gasteiger partial charge on any atom is -0.398 e. The number of benzene rings is 1. The Morgan fingerprint density at radius 3 is 2.58 bits per heavy atom. The van der Waals surface area contributed by atoms with Crippen molar-refractivity contribution < 1.29 is 8.42 Å². The molecule has 0 fully saturated rings. The third-order valence-electron chi connectivity index (χ3n) is 3.12. The van der Waals surface area contributed by atoms with E-state index >= 15 is 0 Å². The second-order valence-corrected chi connectivity index (χ2v) is 6.99. The average Bonchev–Trinajstić information content (AvgIpc) is 2.31. The number of hydrogen-bond donors (Lipinski definition) is 2. The Labute approximate surface area is 116 Å². The normalized spacial score (nSPS) is 12.0. The van der Waals surface area contributed by atoms with Gasteiger partial charge >= 0.3 is 0 Å². The van der Waals surface area contributed by atoms with Crippen LogP contribution in [0.3, 0.4) is 0 Å². The molecule has 0 radical (unpaired) electrons. The van der Waals surface area contributed by atoms with Gasteiger partial charge in [0.05, 0.1) is 4.90 Å². The van der Waals surface area contributed by atoms with E-state index in [4.69, 9.17) is 5.73 Å². The van der Waals surface area contributed by atoms with Gasteiger partial charge < -0.3 is 5.73 Å². The van der Waals surface area contributed by atoms with Gasteiger partial charge in [0.2, 0.25) is 10.0 Å². The van der Waals surface area contributed by atoms with E-state index in [2.05, 4.69) is 18.6 Å². The quantitative estimate of drug-likeness (QED) is 0.597. The number of sulfonamides is 1. The van der Waals surface area contributed by atoms with Gasteiger partial charge in [-0.1, -0.05) is 32.8 Å². The molecule has 0 saturated heterocycles. The summed E-state index contributed by atoms with van der Waals surface area (Å²) in [5.41, 5.74) is 6.85. The first-order chi connectivity index (χ1) is 8.84. The maximum absolute atomic E-state index is 12.1. The Morgan fingerprint density at radius 2 is 1.95 bits per heavy atom. The molecule has 108 valence electrons. The van der Waals surface area contributed by atoms with E-state index in [1.807, 2.05) is 0 Å². The van der Waals surface area contributed by atoms with Crippen molar-refractivity contribution in [1.82, 2.24) is 4.72 Å². The molecule has 1 aromatic carbocycles. The van der Waals surface area contributed by atoms with Crippen molar-refractivity contribution in [2.75, 3.05) is 12.3 Å². The van der Waals surface area contributed by atoms with Crippen LogP contribution in [0.15, 0.2) is 23.1 Å². The number of nitrogens with one attached hydrogen (secondary N) is 1. The summed E-state index contributed by atoms with van der Waals surface area (Å²) in [6.45, 7) is 6.53. The second kappa shape index (κ2) is 6.91. The number of nitrogen functional groups attached to an aromatic ring is 1. The summed E-state index contributed by atoms with van der Waals surface area (Å²) in [5.74, 6) is 0.660. The minimum atomic E-state index is -3.44. The van der Waals surface area contributed by atoms with Crippen molar-refractivity contribution in [2.45, 2.75) is 44.9 Å². The zero-order valence-corrected chi connectivity index (χ0v) is 12.8. The highest BCUT2D eigenvalue weighted by molar-refractivity contribution is 7.89. The zero-order valence-electron chi connectivity index (χ0n) is 11.9. The molecule has 0 amide bonds. The fourth-order valence-corrected chi connectivity index (χ4v) is 3.23. The monoisotopic (exact) mass is 284 g/mol. The summed E-state index contributed by atoms with van der Waals surface area (Å²) in [6.07, 6.45) is 3.02. The number of rotatable bonds is 7. The lowest BCUT2D eigenvalue weighted by atomic mass is 10.1. The van der Waals surface area contributed by atoms with E-state index in [0.29, 0.717) is 23.7 Å². The van der Waals surface area contributed by atoms with E-state index in [1.54, 1.807) is 25.1 Å². The lowest BCUT2D eigenvalue weighted by Gasteiger charge is -2.11. The molecule has 0 heterocycles. The second-order valence-electron chi connectivity index (χ2n) is 5.26. The number of unbranched alkanes of at least 4 members (excludes halogenated alkanes) is 1. The summed E-state index contributed by atoms with van der Waals surface area (Å²) in [6, 6.07) is 4.95. The first-order valence-electron chi connectivity index (χ1n) is 6.69. The van der Waals surface area contributed by atoms with E-state index in [0.717, 1.165) is 19.3 Å². The van der Waals surface area contributed by atoms with Crippen LogP contribution in [0.2, 0.25) is 0 Å². The number of nitrogens with two attached hydrogens (primary N) is 1. The van der Waals surface area contributed by atoms with E-state index in [9.17, 15) is 8.42 Å². The van der Waals surface area contributed by atoms with Gasteiger partial charge in [0.1, 0.15) is 0 Å². The van der Waals surface area contributed by atoms with Crippen molar-refractivity contribution in [3.05, 3.63) is 23.8 Å². The maximum Gasteiger partial charge on any atom is 0.240 e. The van der Waals surface area contributed by atoms with Gasteiger partial charge in [-0.05, 0) is 37.0 Å². The van der Waals surface area contributed by atoms with Crippen molar-refractivity contribution in [1.29, 1.82) is 0 Å². The Hall–Kier alpha value is -1.07. The fraction of sp³-hybridized carbons (Fsp3) is 0.571. The fourth-order valence-electron chi connectivity index (χ4n) is 1.88. The van der Waals surface area contributed by atoms with Crippen molar-refractivity contribution in [3.8, 4) is 0 Å². The van der Waals surface area contributed by atoms with Gasteiger partial charge in [0.25, 0.3) is 0 Å². The van der Waals surface area contributed by atoms with Crippen LogP contribution in [0.5, 0.6) is 0 Å². The minimum absolute atomic E-state index is 0.274. The molecule has 0 aliphatic heterocycles. The first-order valence-corrected chi connectivity index (χ1v) is 8.17. The number of hydrogen-bond acceptors (Lipinski definition) is 3. The Bertz CT molecular complexity index is 510. The Balaban J connectivity index is 2.59. The lowest BCUT2D eigenvalue weighted by Crippen LogP contribution is -2.25. The van der Waals surface area contributed by atoms with Crippen molar-refractivity contribution >= 4 is 15.7 Å². The molecule has 1 aromatic rings. The smallest absolute Gasteiger partial charge is 0.240 e. The third kappa shape index (κ3) is 4.84. The van der Waals surface area contributed by atoms with Gasteiger partial charge in [0.15, 0.2) is 0 Å². The van der Waals surface area contributed by atoms with Crippen LogP contribution in [-0.2, 0) is 10.0 Å². The number of anilines is 1. The van der Waals surface area contributed by atoms with Gasteiger partial charge in [-0.15, -0.1) is 0 Å². The molecule has 0 saturated carbocycles. The molecule has 5 heteroatoms. The van der Waals surface area contributed by atoms with Crippen molar-refractivity contribution in [2.24, 2.45) is 5.92 Å². The molecule has 0 unspecified atom stereocenters. The Morgan fingerprint density at radius 1 is 1.26 bits per heavy atom. The highest BCUT2D eigenvalue weighted by Crippen LogP contribution is 2.20. The molecule has 1 rings (SSSR count). The molecule has 3 N–H and O–H groups in total. The van der Waals surface area contributed by atoms with Gasteiger partial charge in [-0.2, -0.15) is 0 Å².